The smallest absolute Gasteiger partial charge is 0.282 e. The van der Waals surface area contributed by atoms with Gasteiger partial charge in [0.25, 0.3) is 5.56 Å². The summed E-state index contributed by atoms with van der Waals surface area (Å²) in [6, 6.07) is 3.86. The van der Waals surface area contributed by atoms with Gasteiger partial charge in [-0.1, -0.05) is 6.07 Å². The van der Waals surface area contributed by atoms with Crippen LogP contribution in [0.3, 0.4) is 0 Å². The number of anilines is 1. The summed E-state index contributed by atoms with van der Waals surface area (Å²) in [6.07, 6.45) is 8.25. The van der Waals surface area contributed by atoms with Gasteiger partial charge in [-0.25, -0.2) is 9.67 Å². The Bertz CT molecular complexity index is 741. The van der Waals surface area contributed by atoms with Crippen LogP contribution in [0, 0.1) is 0 Å². The van der Waals surface area contributed by atoms with Crippen LogP contribution < -0.4 is 15.6 Å². The molecule has 0 atom stereocenters. The molecule has 3 rings (SSSR count). The third-order valence-electron chi connectivity index (χ3n) is 3.98. The van der Waals surface area contributed by atoms with Gasteiger partial charge in [0.1, 0.15) is 10.6 Å². The number of pyridine rings is 1. The highest BCUT2D eigenvalue weighted by Gasteiger charge is 2.18. The molecule has 1 aliphatic rings. The molecule has 122 valence electrons. The van der Waals surface area contributed by atoms with Crippen LogP contribution in [0.1, 0.15) is 31.2 Å². The average Bonchev–Trinajstić information content (AvgIpc) is 3.06. The topological polar surface area (TPSA) is 69.0 Å². The summed E-state index contributed by atoms with van der Waals surface area (Å²) in [5, 5.41) is 7.24. The first-order chi connectivity index (χ1) is 11.1. The highest BCUT2D eigenvalue weighted by molar-refractivity contribution is 9.10. The molecule has 2 aromatic rings. The number of aryl methyl sites for hydroxylation is 1. The maximum absolute atomic E-state index is 11.9. The van der Waals surface area contributed by atoms with E-state index in [2.05, 4.69) is 31.3 Å². The van der Waals surface area contributed by atoms with Crippen molar-refractivity contribution in [2.75, 3.05) is 5.32 Å². The third-order valence-corrected chi connectivity index (χ3v) is 4.74. The van der Waals surface area contributed by atoms with Crippen molar-refractivity contribution in [3.05, 3.63) is 44.9 Å². The number of hydrogen-bond acceptors (Lipinski definition) is 5. The van der Waals surface area contributed by atoms with E-state index in [1.807, 2.05) is 12.1 Å². The normalized spacial score (nSPS) is 14.9. The van der Waals surface area contributed by atoms with E-state index < -0.39 is 0 Å². The third kappa shape index (κ3) is 3.72. The summed E-state index contributed by atoms with van der Waals surface area (Å²) in [6.45, 7) is 0.517. The second-order valence-corrected chi connectivity index (χ2v) is 6.44. The van der Waals surface area contributed by atoms with Crippen LogP contribution in [-0.2, 0) is 13.6 Å². The van der Waals surface area contributed by atoms with Crippen LogP contribution in [0.4, 0.5) is 5.69 Å². The summed E-state index contributed by atoms with van der Waals surface area (Å²) < 4.78 is 7.78. The lowest BCUT2D eigenvalue weighted by molar-refractivity contribution is 0.199. The van der Waals surface area contributed by atoms with E-state index in [9.17, 15) is 4.79 Å². The molecular formula is C16H19BrN4O2. The number of aromatic nitrogens is 3. The van der Waals surface area contributed by atoms with Crippen molar-refractivity contribution < 1.29 is 4.74 Å². The van der Waals surface area contributed by atoms with Crippen molar-refractivity contribution in [2.45, 2.75) is 38.3 Å². The molecule has 0 radical (unpaired) electrons. The molecule has 1 aliphatic carbocycles. The molecule has 0 saturated heterocycles. The van der Waals surface area contributed by atoms with E-state index in [1.54, 1.807) is 19.4 Å². The van der Waals surface area contributed by atoms with Gasteiger partial charge in [0.2, 0.25) is 5.88 Å². The molecule has 6 nitrogen and oxygen atoms in total. The monoisotopic (exact) mass is 378 g/mol. The van der Waals surface area contributed by atoms with Gasteiger partial charge in [0.05, 0.1) is 11.9 Å². The highest BCUT2D eigenvalue weighted by Crippen LogP contribution is 2.26. The standard InChI is InChI=1S/C16H19BrN4O2/c1-21-16(22)14(17)13(10-20-21)19-9-11-5-4-8-18-15(11)23-12-6-2-3-7-12/h4-5,8,10,12,19H,2-3,6-7,9H2,1H3. The van der Waals surface area contributed by atoms with Gasteiger partial charge in [0.15, 0.2) is 0 Å². The second-order valence-electron chi connectivity index (χ2n) is 5.65. The number of rotatable bonds is 5. The molecule has 7 heteroatoms. The maximum Gasteiger partial charge on any atom is 0.282 e. The minimum Gasteiger partial charge on any atom is -0.474 e. The zero-order valence-electron chi connectivity index (χ0n) is 13.0. The number of nitrogens with zero attached hydrogens (tertiary/aromatic N) is 3. The zero-order valence-corrected chi connectivity index (χ0v) is 14.5. The lowest BCUT2D eigenvalue weighted by Crippen LogP contribution is -2.21. The molecule has 0 aromatic carbocycles. The number of ether oxygens (including phenoxy) is 1. The Morgan fingerprint density at radius 2 is 2.22 bits per heavy atom. The predicted molar refractivity (Wildman–Crippen MR) is 91.6 cm³/mol. The fourth-order valence-electron chi connectivity index (χ4n) is 2.65. The van der Waals surface area contributed by atoms with E-state index >= 15 is 0 Å². The largest absolute Gasteiger partial charge is 0.474 e. The van der Waals surface area contributed by atoms with Gasteiger partial charge < -0.3 is 10.1 Å². The van der Waals surface area contributed by atoms with Gasteiger partial charge in [-0.2, -0.15) is 5.10 Å². The summed E-state index contributed by atoms with van der Waals surface area (Å²) in [7, 11) is 1.62. The number of nitrogens with one attached hydrogen (secondary N) is 1. The molecule has 0 amide bonds. The fraction of sp³-hybridized carbons (Fsp3) is 0.438. The van der Waals surface area contributed by atoms with Crippen molar-refractivity contribution >= 4 is 21.6 Å². The first kappa shape index (κ1) is 16.0. The summed E-state index contributed by atoms with van der Waals surface area (Å²) >= 11 is 3.31. The zero-order chi connectivity index (χ0) is 16.2. The van der Waals surface area contributed by atoms with Gasteiger partial charge in [-0.3, -0.25) is 4.79 Å². The molecule has 1 saturated carbocycles. The van der Waals surface area contributed by atoms with Crippen molar-refractivity contribution in [1.82, 2.24) is 14.8 Å². The molecule has 0 unspecified atom stereocenters. The van der Waals surface area contributed by atoms with Crippen molar-refractivity contribution in [2.24, 2.45) is 7.05 Å². The van der Waals surface area contributed by atoms with Crippen molar-refractivity contribution in [1.29, 1.82) is 0 Å². The lowest BCUT2D eigenvalue weighted by Gasteiger charge is -2.16. The van der Waals surface area contributed by atoms with Gasteiger partial charge in [-0.05, 0) is 47.7 Å². The Labute approximate surface area is 143 Å². The summed E-state index contributed by atoms with van der Waals surface area (Å²) in [4.78, 5) is 16.2. The number of halogens is 1. The van der Waals surface area contributed by atoms with E-state index in [0.717, 1.165) is 18.4 Å². The van der Waals surface area contributed by atoms with Gasteiger partial charge in [-0.15, -0.1) is 0 Å². The molecule has 2 heterocycles. The molecular weight excluding hydrogens is 360 g/mol. The number of hydrogen-bond donors (Lipinski definition) is 1. The molecule has 0 spiro atoms. The van der Waals surface area contributed by atoms with Crippen LogP contribution in [-0.4, -0.2) is 20.9 Å². The molecule has 0 bridgehead atoms. The minimum atomic E-state index is -0.177. The van der Waals surface area contributed by atoms with Gasteiger partial charge >= 0.3 is 0 Å². The van der Waals surface area contributed by atoms with Crippen LogP contribution in [0.2, 0.25) is 0 Å². The van der Waals surface area contributed by atoms with E-state index in [4.69, 9.17) is 4.74 Å². The predicted octanol–water partition coefficient (Wildman–Crippen LogP) is 2.87. The maximum atomic E-state index is 11.9. The lowest BCUT2D eigenvalue weighted by atomic mass is 10.2. The van der Waals surface area contributed by atoms with E-state index in [-0.39, 0.29) is 11.7 Å². The molecule has 0 aliphatic heterocycles. The molecule has 1 fully saturated rings. The molecule has 1 N–H and O–H groups in total. The van der Waals surface area contributed by atoms with Crippen LogP contribution >= 0.6 is 15.9 Å². The Balaban J connectivity index is 1.73. The molecule has 2 aromatic heterocycles. The summed E-state index contributed by atoms with van der Waals surface area (Å²) in [5.74, 6) is 0.666. The van der Waals surface area contributed by atoms with E-state index in [1.165, 1.54) is 17.5 Å². The van der Waals surface area contributed by atoms with Gasteiger partial charge in [0, 0.05) is 25.4 Å². The Morgan fingerprint density at radius 3 is 3.00 bits per heavy atom. The average molecular weight is 379 g/mol. The minimum absolute atomic E-state index is 0.177. The van der Waals surface area contributed by atoms with Crippen LogP contribution in [0.5, 0.6) is 5.88 Å². The fourth-order valence-corrected chi connectivity index (χ4v) is 3.15. The van der Waals surface area contributed by atoms with E-state index in [0.29, 0.717) is 22.6 Å². The first-order valence-electron chi connectivity index (χ1n) is 7.71. The van der Waals surface area contributed by atoms with Crippen molar-refractivity contribution in [3.63, 3.8) is 0 Å². The Morgan fingerprint density at radius 1 is 1.43 bits per heavy atom. The Hall–Kier alpha value is -1.89. The highest BCUT2D eigenvalue weighted by atomic mass is 79.9. The Kier molecular flexibility index (Phi) is 4.95. The van der Waals surface area contributed by atoms with Crippen LogP contribution in [0.25, 0.3) is 0 Å². The summed E-state index contributed by atoms with van der Waals surface area (Å²) in [5.41, 5.74) is 1.44. The quantitative estimate of drug-likeness (QED) is 0.865. The SMILES string of the molecule is Cn1ncc(NCc2cccnc2OC2CCCC2)c(Br)c1=O. The van der Waals surface area contributed by atoms with Crippen LogP contribution in [0.15, 0.2) is 33.8 Å². The van der Waals surface area contributed by atoms with Crippen molar-refractivity contribution in [3.8, 4) is 5.88 Å². The second kappa shape index (κ2) is 7.12. The molecule has 23 heavy (non-hydrogen) atoms. The first-order valence-corrected chi connectivity index (χ1v) is 8.50.